The van der Waals surface area contributed by atoms with Crippen molar-refractivity contribution in [2.24, 2.45) is 0 Å². The Kier molecular flexibility index (Phi) is 5.26. The van der Waals surface area contributed by atoms with E-state index in [1.807, 2.05) is 0 Å². The van der Waals surface area contributed by atoms with E-state index in [1.54, 1.807) is 0 Å². The zero-order chi connectivity index (χ0) is 20.4. The smallest absolute Gasteiger partial charge is 0.0361 e. The third-order valence-electron chi connectivity index (χ3n) is 5.62. The Bertz CT molecular complexity index is 1040. The summed E-state index contributed by atoms with van der Waals surface area (Å²) in [6.45, 7) is 0. The Balaban J connectivity index is 1.89. The van der Waals surface area contributed by atoms with Crippen molar-refractivity contribution in [1.82, 2.24) is 0 Å². The molecular formula is C27H28N2. The van der Waals surface area contributed by atoms with Crippen LogP contribution in [0.25, 0.3) is 10.8 Å². The van der Waals surface area contributed by atoms with Crippen molar-refractivity contribution in [2.45, 2.75) is 5.92 Å². The van der Waals surface area contributed by atoms with Gasteiger partial charge in [-0.25, -0.2) is 0 Å². The Hall–Kier alpha value is -3.26. The van der Waals surface area contributed by atoms with E-state index in [4.69, 9.17) is 0 Å². The van der Waals surface area contributed by atoms with Crippen LogP contribution in [0.1, 0.15) is 22.6 Å². The van der Waals surface area contributed by atoms with Crippen molar-refractivity contribution in [3.05, 3.63) is 108 Å². The van der Waals surface area contributed by atoms with Gasteiger partial charge in [0.05, 0.1) is 0 Å². The van der Waals surface area contributed by atoms with Gasteiger partial charge in [0.1, 0.15) is 0 Å². The SMILES string of the molecule is CN(C)c1ccc(C(c2ccc(N(C)C)cc2)c2cccc3ccccc23)cc1. The Morgan fingerprint density at radius 1 is 0.517 bits per heavy atom. The number of hydrogen-bond donors (Lipinski definition) is 0. The highest BCUT2D eigenvalue weighted by molar-refractivity contribution is 5.87. The highest BCUT2D eigenvalue weighted by atomic mass is 15.1. The molecule has 0 saturated heterocycles. The van der Waals surface area contributed by atoms with E-state index in [-0.39, 0.29) is 5.92 Å². The maximum absolute atomic E-state index is 2.27. The van der Waals surface area contributed by atoms with Gasteiger partial charge in [-0.3, -0.25) is 0 Å². The molecule has 0 aromatic heterocycles. The topological polar surface area (TPSA) is 6.48 Å². The third-order valence-corrected chi connectivity index (χ3v) is 5.62. The van der Waals surface area contributed by atoms with Crippen LogP contribution in [0.15, 0.2) is 91.0 Å². The summed E-state index contributed by atoms with van der Waals surface area (Å²) in [5.74, 6) is 0.188. The zero-order valence-electron chi connectivity index (χ0n) is 17.6. The monoisotopic (exact) mass is 380 g/mol. The molecule has 0 atom stereocenters. The largest absolute Gasteiger partial charge is 0.378 e. The van der Waals surface area contributed by atoms with Gasteiger partial charge >= 0.3 is 0 Å². The molecule has 2 nitrogen and oxygen atoms in total. The lowest BCUT2D eigenvalue weighted by molar-refractivity contribution is 0.984. The summed E-state index contributed by atoms with van der Waals surface area (Å²) in [5, 5.41) is 2.60. The average Bonchev–Trinajstić information content (AvgIpc) is 2.75. The summed E-state index contributed by atoms with van der Waals surface area (Å²) in [7, 11) is 8.32. The molecule has 29 heavy (non-hydrogen) atoms. The van der Waals surface area contributed by atoms with Crippen molar-refractivity contribution < 1.29 is 0 Å². The molecule has 4 rings (SSSR count). The Labute approximate surface area is 174 Å². The van der Waals surface area contributed by atoms with Crippen LogP contribution in [-0.4, -0.2) is 28.2 Å². The molecule has 0 spiro atoms. The molecular weight excluding hydrogens is 352 g/mol. The summed E-state index contributed by atoms with van der Waals surface area (Å²) >= 11 is 0. The summed E-state index contributed by atoms with van der Waals surface area (Å²) in [4.78, 5) is 4.28. The molecule has 0 heterocycles. The molecule has 4 aromatic carbocycles. The van der Waals surface area contributed by atoms with E-state index < -0.39 is 0 Å². The highest BCUT2D eigenvalue weighted by Crippen LogP contribution is 2.37. The van der Waals surface area contributed by atoms with Gasteiger partial charge in [-0.1, -0.05) is 66.7 Å². The molecule has 0 N–H and O–H groups in total. The van der Waals surface area contributed by atoms with Crippen molar-refractivity contribution >= 4 is 22.1 Å². The van der Waals surface area contributed by atoms with Gasteiger partial charge in [0.15, 0.2) is 0 Å². The molecule has 0 aliphatic rings. The van der Waals surface area contributed by atoms with E-state index >= 15 is 0 Å². The number of nitrogens with zero attached hydrogens (tertiary/aromatic N) is 2. The number of benzene rings is 4. The quantitative estimate of drug-likeness (QED) is 0.383. The van der Waals surface area contributed by atoms with Gasteiger partial charge in [-0.2, -0.15) is 0 Å². The van der Waals surface area contributed by atoms with Gasteiger partial charge in [0, 0.05) is 45.5 Å². The fraction of sp³-hybridized carbons (Fsp3) is 0.185. The van der Waals surface area contributed by atoms with Crippen molar-refractivity contribution in [3.8, 4) is 0 Å². The summed E-state index contributed by atoms with van der Waals surface area (Å²) in [6.07, 6.45) is 0. The average molecular weight is 381 g/mol. The minimum atomic E-state index is 0.188. The van der Waals surface area contributed by atoms with Crippen LogP contribution < -0.4 is 9.80 Å². The third kappa shape index (κ3) is 3.84. The molecule has 0 bridgehead atoms. The first-order valence-corrected chi connectivity index (χ1v) is 10.1. The van der Waals surface area contributed by atoms with Crippen molar-refractivity contribution in [1.29, 1.82) is 0 Å². The molecule has 0 radical (unpaired) electrons. The molecule has 0 fully saturated rings. The predicted octanol–water partition coefficient (Wildman–Crippen LogP) is 6.15. The maximum Gasteiger partial charge on any atom is 0.0361 e. The van der Waals surface area contributed by atoms with Crippen LogP contribution in [0, 0.1) is 0 Å². The minimum absolute atomic E-state index is 0.188. The Morgan fingerprint density at radius 2 is 1.00 bits per heavy atom. The Morgan fingerprint density at radius 3 is 1.52 bits per heavy atom. The molecule has 0 unspecified atom stereocenters. The summed E-state index contributed by atoms with van der Waals surface area (Å²) < 4.78 is 0. The van der Waals surface area contributed by atoms with Crippen LogP contribution in [0.2, 0.25) is 0 Å². The standard InChI is InChI=1S/C27H28N2/c1-28(2)23-16-12-21(13-17-23)27(22-14-18-24(19-15-22)29(3)4)26-11-7-9-20-8-5-6-10-25(20)26/h5-19,27H,1-4H3. The number of hydrogen-bond acceptors (Lipinski definition) is 2. The summed E-state index contributed by atoms with van der Waals surface area (Å²) in [6, 6.07) is 33.2. The molecule has 0 aliphatic heterocycles. The molecule has 0 aliphatic carbocycles. The summed E-state index contributed by atoms with van der Waals surface area (Å²) in [5.41, 5.74) is 6.40. The van der Waals surface area contributed by atoms with Crippen molar-refractivity contribution in [3.63, 3.8) is 0 Å². The normalized spacial score (nSPS) is 11.1. The lowest BCUT2D eigenvalue weighted by Crippen LogP contribution is -2.10. The van der Waals surface area contributed by atoms with Gasteiger partial charge < -0.3 is 9.80 Å². The van der Waals surface area contributed by atoms with Crippen LogP contribution in [0.4, 0.5) is 11.4 Å². The molecule has 0 saturated carbocycles. The first-order chi connectivity index (χ1) is 14.0. The van der Waals surface area contributed by atoms with Crippen LogP contribution >= 0.6 is 0 Å². The molecule has 146 valence electrons. The first-order valence-electron chi connectivity index (χ1n) is 10.1. The van der Waals surface area contributed by atoms with Gasteiger partial charge in [0.25, 0.3) is 0 Å². The van der Waals surface area contributed by atoms with Crippen molar-refractivity contribution in [2.75, 3.05) is 38.0 Å². The molecule has 0 amide bonds. The van der Waals surface area contributed by atoms with Crippen LogP contribution in [0.3, 0.4) is 0 Å². The van der Waals surface area contributed by atoms with Gasteiger partial charge in [-0.05, 0) is 51.7 Å². The lowest BCUT2D eigenvalue weighted by atomic mass is 9.82. The van der Waals surface area contributed by atoms with E-state index in [2.05, 4.69) is 129 Å². The zero-order valence-corrected chi connectivity index (χ0v) is 17.6. The second-order valence-corrected chi connectivity index (χ2v) is 7.97. The van der Waals surface area contributed by atoms with Crippen LogP contribution in [-0.2, 0) is 0 Å². The second-order valence-electron chi connectivity index (χ2n) is 7.97. The second kappa shape index (κ2) is 8.00. The fourth-order valence-electron chi connectivity index (χ4n) is 3.98. The first kappa shape index (κ1) is 19.1. The minimum Gasteiger partial charge on any atom is -0.378 e. The number of anilines is 2. The molecule has 2 heteroatoms. The highest BCUT2D eigenvalue weighted by Gasteiger charge is 2.19. The fourth-order valence-corrected chi connectivity index (χ4v) is 3.98. The predicted molar refractivity (Wildman–Crippen MR) is 126 cm³/mol. The van der Waals surface area contributed by atoms with Gasteiger partial charge in [-0.15, -0.1) is 0 Å². The van der Waals surface area contributed by atoms with E-state index in [9.17, 15) is 0 Å². The van der Waals surface area contributed by atoms with E-state index in [0.29, 0.717) is 0 Å². The lowest BCUT2D eigenvalue weighted by Gasteiger charge is -2.23. The maximum atomic E-state index is 2.27. The van der Waals surface area contributed by atoms with E-state index in [1.165, 1.54) is 38.8 Å². The number of fused-ring (bicyclic) bond motifs is 1. The van der Waals surface area contributed by atoms with E-state index in [0.717, 1.165) is 0 Å². The number of rotatable bonds is 5. The van der Waals surface area contributed by atoms with Crippen LogP contribution in [0.5, 0.6) is 0 Å². The van der Waals surface area contributed by atoms with Gasteiger partial charge in [0.2, 0.25) is 0 Å². The molecule has 4 aromatic rings.